The summed E-state index contributed by atoms with van der Waals surface area (Å²) in [5.74, 6) is -0.520. The minimum absolute atomic E-state index is 0.0719. The van der Waals surface area contributed by atoms with E-state index in [0.717, 1.165) is 38.5 Å². The lowest BCUT2D eigenvalue weighted by Crippen LogP contribution is -2.55. The number of nitrogens with one attached hydrogen (secondary N) is 1. The normalized spacial score (nSPS) is 20.9. The highest BCUT2D eigenvalue weighted by atomic mass is 16.6. The molecule has 1 saturated carbocycles. The molecule has 29 heavy (non-hydrogen) atoms. The van der Waals surface area contributed by atoms with Crippen LogP contribution in [0.2, 0.25) is 0 Å². The summed E-state index contributed by atoms with van der Waals surface area (Å²) in [6.07, 6.45) is 7.05. The summed E-state index contributed by atoms with van der Waals surface area (Å²) in [4.78, 5) is 39.1. The van der Waals surface area contributed by atoms with E-state index in [1.54, 1.807) is 25.7 Å². The highest BCUT2D eigenvalue weighted by Gasteiger charge is 2.41. The van der Waals surface area contributed by atoms with Crippen molar-refractivity contribution in [2.24, 2.45) is 5.92 Å². The van der Waals surface area contributed by atoms with Crippen LogP contribution in [0, 0.1) is 5.92 Å². The maximum atomic E-state index is 13.2. The van der Waals surface area contributed by atoms with Gasteiger partial charge >= 0.3 is 12.1 Å². The van der Waals surface area contributed by atoms with Gasteiger partial charge in [0.05, 0.1) is 7.11 Å². The smallest absolute Gasteiger partial charge is 0.408 e. The molecule has 2 amide bonds. The SMILES string of the molecule is CCC.COC(=O)C1CCCN1C(=O)C(NC(=O)OC(C)(C)C)C1CCCCC1. The molecule has 0 aromatic carbocycles. The fourth-order valence-electron chi connectivity index (χ4n) is 3.87. The second-order valence-corrected chi connectivity index (χ2v) is 8.94. The molecule has 1 N–H and O–H groups in total. The van der Waals surface area contributed by atoms with Crippen LogP contribution in [0.1, 0.15) is 86.0 Å². The molecule has 7 nitrogen and oxygen atoms in total. The number of amides is 2. The Hall–Kier alpha value is -1.79. The molecule has 1 heterocycles. The van der Waals surface area contributed by atoms with Gasteiger partial charge in [0.25, 0.3) is 0 Å². The highest BCUT2D eigenvalue weighted by Crippen LogP contribution is 2.29. The van der Waals surface area contributed by atoms with Crippen molar-refractivity contribution in [2.45, 2.75) is 104 Å². The van der Waals surface area contributed by atoms with Crippen molar-refractivity contribution in [3.63, 3.8) is 0 Å². The number of esters is 1. The summed E-state index contributed by atoms with van der Waals surface area (Å²) in [7, 11) is 1.33. The highest BCUT2D eigenvalue weighted by molar-refractivity contribution is 5.90. The van der Waals surface area contributed by atoms with E-state index in [0.29, 0.717) is 13.0 Å². The van der Waals surface area contributed by atoms with Gasteiger partial charge in [0.1, 0.15) is 17.7 Å². The molecule has 2 rings (SSSR count). The number of rotatable bonds is 4. The Morgan fingerprint density at radius 2 is 1.62 bits per heavy atom. The van der Waals surface area contributed by atoms with E-state index in [9.17, 15) is 14.4 Å². The first kappa shape index (κ1) is 25.2. The number of ether oxygens (including phenoxy) is 2. The molecule has 1 saturated heterocycles. The van der Waals surface area contributed by atoms with E-state index >= 15 is 0 Å². The molecule has 0 aromatic heterocycles. The number of nitrogens with zero attached hydrogens (tertiary/aromatic N) is 1. The Kier molecular flexibility index (Phi) is 10.5. The number of carbonyl (C=O) groups excluding carboxylic acids is 3. The Balaban J connectivity index is 0.00000132. The monoisotopic (exact) mass is 412 g/mol. The Morgan fingerprint density at radius 3 is 2.14 bits per heavy atom. The van der Waals surface area contributed by atoms with Crippen LogP contribution in [0.3, 0.4) is 0 Å². The number of methoxy groups -OCH3 is 1. The Labute approximate surface area is 175 Å². The summed E-state index contributed by atoms with van der Waals surface area (Å²) in [5.41, 5.74) is -0.632. The molecular weight excluding hydrogens is 372 g/mol. The number of carbonyl (C=O) groups is 3. The molecule has 0 bridgehead atoms. The van der Waals surface area contributed by atoms with Gasteiger partial charge in [-0.15, -0.1) is 0 Å². The fraction of sp³-hybridized carbons (Fsp3) is 0.864. The van der Waals surface area contributed by atoms with Crippen LogP contribution in [-0.2, 0) is 19.1 Å². The van der Waals surface area contributed by atoms with Crippen molar-refractivity contribution in [1.82, 2.24) is 10.2 Å². The van der Waals surface area contributed by atoms with E-state index < -0.39 is 29.7 Å². The van der Waals surface area contributed by atoms with Gasteiger partial charge in [0.15, 0.2) is 0 Å². The third kappa shape index (κ3) is 8.23. The first-order valence-corrected chi connectivity index (χ1v) is 11.0. The number of alkyl carbamates (subject to hydrolysis) is 1. The third-order valence-corrected chi connectivity index (χ3v) is 5.07. The molecular formula is C22H40N2O5. The standard InChI is InChI=1S/C19H32N2O5.C3H8/c1-19(2,3)26-18(24)20-15(13-9-6-5-7-10-13)16(22)21-12-8-11-14(21)17(23)25-4;1-3-2/h13-15H,5-12H2,1-4H3,(H,20,24);3H2,1-2H3. The lowest BCUT2D eigenvalue weighted by Gasteiger charge is -2.34. The molecule has 0 radical (unpaired) electrons. The second kappa shape index (κ2) is 12.0. The van der Waals surface area contributed by atoms with Crippen molar-refractivity contribution in [2.75, 3.05) is 13.7 Å². The average molecular weight is 413 g/mol. The Bertz CT molecular complexity index is 538. The van der Waals surface area contributed by atoms with Gasteiger partial charge in [-0.1, -0.05) is 39.5 Å². The van der Waals surface area contributed by atoms with Gasteiger partial charge < -0.3 is 19.7 Å². The van der Waals surface area contributed by atoms with E-state index in [2.05, 4.69) is 19.2 Å². The summed E-state index contributed by atoms with van der Waals surface area (Å²) in [6, 6.07) is -1.21. The van der Waals surface area contributed by atoms with Crippen molar-refractivity contribution in [1.29, 1.82) is 0 Å². The number of hydrogen-bond acceptors (Lipinski definition) is 5. The predicted molar refractivity (Wildman–Crippen MR) is 112 cm³/mol. The number of likely N-dealkylation sites (tertiary alicyclic amines) is 1. The predicted octanol–water partition coefficient (Wildman–Crippen LogP) is 4.04. The molecule has 2 fully saturated rings. The molecule has 0 spiro atoms. The molecule has 1 aliphatic carbocycles. The summed E-state index contributed by atoms with van der Waals surface area (Å²) in [6.45, 7) is 10.1. The van der Waals surface area contributed by atoms with Crippen LogP contribution in [0.4, 0.5) is 4.79 Å². The number of hydrogen-bond donors (Lipinski definition) is 1. The minimum Gasteiger partial charge on any atom is -0.467 e. The van der Waals surface area contributed by atoms with Crippen LogP contribution >= 0.6 is 0 Å². The lowest BCUT2D eigenvalue weighted by atomic mass is 9.83. The molecule has 2 unspecified atom stereocenters. The summed E-state index contributed by atoms with van der Waals surface area (Å²) >= 11 is 0. The quantitative estimate of drug-likeness (QED) is 0.705. The van der Waals surface area contributed by atoms with Crippen molar-refractivity contribution < 1.29 is 23.9 Å². The van der Waals surface area contributed by atoms with E-state index in [4.69, 9.17) is 9.47 Å². The lowest BCUT2D eigenvalue weighted by molar-refractivity contribution is -0.152. The Morgan fingerprint density at radius 1 is 1.03 bits per heavy atom. The first-order valence-electron chi connectivity index (χ1n) is 11.0. The van der Waals surface area contributed by atoms with Gasteiger partial charge in [0.2, 0.25) is 5.91 Å². The van der Waals surface area contributed by atoms with Crippen LogP contribution in [0.25, 0.3) is 0 Å². The molecule has 168 valence electrons. The molecule has 2 aliphatic rings. The van der Waals surface area contributed by atoms with Crippen LogP contribution in [-0.4, -0.2) is 54.2 Å². The zero-order valence-electron chi connectivity index (χ0n) is 19.1. The third-order valence-electron chi connectivity index (χ3n) is 5.07. The van der Waals surface area contributed by atoms with Gasteiger partial charge in [0, 0.05) is 6.54 Å². The van der Waals surface area contributed by atoms with E-state index in [1.165, 1.54) is 13.5 Å². The topological polar surface area (TPSA) is 84.9 Å². The minimum atomic E-state index is -0.657. The van der Waals surface area contributed by atoms with Crippen LogP contribution < -0.4 is 5.32 Å². The molecule has 7 heteroatoms. The average Bonchev–Trinajstić information content (AvgIpc) is 3.15. The fourth-order valence-corrected chi connectivity index (χ4v) is 3.87. The summed E-state index contributed by atoms with van der Waals surface area (Å²) < 4.78 is 10.2. The van der Waals surface area contributed by atoms with Gasteiger partial charge in [-0.2, -0.15) is 0 Å². The van der Waals surface area contributed by atoms with Crippen molar-refractivity contribution >= 4 is 18.0 Å². The van der Waals surface area contributed by atoms with Gasteiger partial charge in [-0.3, -0.25) is 4.79 Å². The van der Waals surface area contributed by atoms with Gasteiger partial charge in [-0.05, 0) is 52.4 Å². The molecule has 2 atom stereocenters. The van der Waals surface area contributed by atoms with E-state index in [-0.39, 0.29) is 11.8 Å². The zero-order valence-corrected chi connectivity index (χ0v) is 19.1. The summed E-state index contributed by atoms with van der Waals surface area (Å²) in [5, 5.41) is 2.79. The molecule has 1 aliphatic heterocycles. The van der Waals surface area contributed by atoms with Gasteiger partial charge in [-0.25, -0.2) is 9.59 Å². The van der Waals surface area contributed by atoms with Crippen molar-refractivity contribution in [3.8, 4) is 0 Å². The zero-order chi connectivity index (χ0) is 22.0. The van der Waals surface area contributed by atoms with Crippen molar-refractivity contribution in [3.05, 3.63) is 0 Å². The molecule has 0 aromatic rings. The largest absolute Gasteiger partial charge is 0.467 e. The van der Waals surface area contributed by atoms with Crippen LogP contribution in [0.15, 0.2) is 0 Å². The maximum absolute atomic E-state index is 13.2. The second-order valence-electron chi connectivity index (χ2n) is 8.94. The maximum Gasteiger partial charge on any atom is 0.408 e. The van der Waals surface area contributed by atoms with Crippen LogP contribution in [0.5, 0.6) is 0 Å². The van der Waals surface area contributed by atoms with E-state index in [1.807, 2.05) is 0 Å². The first-order chi connectivity index (χ1) is 13.6.